The second kappa shape index (κ2) is 13.6. The number of morpholine rings is 1. The maximum atomic E-state index is 15.7. The molecule has 42 heavy (non-hydrogen) atoms. The summed E-state index contributed by atoms with van der Waals surface area (Å²) < 4.78 is 21.1. The number of piperidine rings is 1. The first kappa shape index (κ1) is 30.7. The van der Waals surface area contributed by atoms with Gasteiger partial charge in [-0.25, -0.2) is 9.37 Å². The van der Waals surface area contributed by atoms with E-state index in [2.05, 4.69) is 15.2 Å². The zero-order valence-electron chi connectivity index (χ0n) is 24.7. The van der Waals surface area contributed by atoms with Gasteiger partial charge in [-0.15, -0.1) is 0 Å². The number of carbonyl (C=O) groups excluding carboxylic acids is 2. The van der Waals surface area contributed by atoms with Crippen molar-refractivity contribution in [1.29, 1.82) is 5.26 Å². The Hall–Kier alpha value is -4.29. The molecule has 0 radical (unpaired) electrons. The summed E-state index contributed by atoms with van der Waals surface area (Å²) in [6.45, 7) is 11.1. The summed E-state index contributed by atoms with van der Waals surface area (Å²) in [6.07, 6.45) is 1.90. The van der Waals surface area contributed by atoms with Gasteiger partial charge in [0.2, 0.25) is 0 Å². The number of carbonyl (C=O) groups is 2. The van der Waals surface area contributed by atoms with Crippen LogP contribution in [0.2, 0.25) is 0 Å². The molecule has 2 amide bonds. The Balaban J connectivity index is 0.00000198. The Kier molecular flexibility index (Phi) is 9.92. The fourth-order valence-electron chi connectivity index (χ4n) is 5.28. The number of ether oxygens (including phenoxy) is 1. The highest BCUT2D eigenvalue weighted by molar-refractivity contribution is 6.05. The lowest BCUT2D eigenvalue weighted by atomic mass is 9.85. The number of nitrogens with one attached hydrogen (secondary N) is 1. The van der Waals surface area contributed by atoms with Crippen molar-refractivity contribution < 1.29 is 18.7 Å². The number of hydrogen-bond donors (Lipinski definition) is 1. The van der Waals surface area contributed by atoms with Crippen molar-refractivity contribution in [2.75, 3.05) is 49.6 Å². The van der Waals surface area contributed by atoms with Crippen molar-refractivity contribution in [3.63, 3.8) is 0 Å². The van der Waals surface area contributed by atoms with Gasteiger partial charge < -0.3 is 19.9 Å². The lowest BCUT2D eigenvalue weighted by Gasteiger charge is -2.37. The smallest absolute Gasteiger partial charge is 0.257 e. The maximum Gasteiger partial charge on any atom is 0.257 e. The average Bonchev–Trinajstić information content (AvgIpc) is 3.04. The van der Waals surface area contributed by atoms with E-state index in [1.165, 1.54) is 0 Å². The Morgan fingerprint density at radius 1 is 0.976 bits per heavy atom. The molecule has 1 aromatic heterocycles. The molecule has 8 nitrogen and oxygen atoms in total. The molecule has 0 saturated carbocycles. The number of alkyl halides is 1. The molecule has 5 rings (SSSR count). The molecule has 220 valence electrons. The van der Waals surface area contributed by atoms with Crippen molar-refractivity contribution in [2.24, 2.45) is 0 Å². The van der Waals surface area contributed by atoms with Gasteiger partial charge in [0.1, 0.15) is 11.5 Å². The van der Waals surface area contributed by atoms with Crippen molar-refractivity contribution >= 4 is 23.3 Å². The molecule has 9 heteroatoms. The van der Waals surface area contributed by atoms with E-state index in [0.29, 0.717) is 41.2 Å². The minimum absolute atomic E-state index is 0.173. The molecule has 0 spiro atoms. The van der Waals surface area contributed by atoms with Crippen LogP contribution in [0.4, 0.5) is 15.9 Å². The average molecular weight is 572 g/mol. The number of hydrogen-bond acceptors (Lipinski definition) is 6. The van der Waals surface area contributed by atoms with Gasteiger partial charge in [-0.3, -0.25) is 9.59 Å². The van der Waals surface area contributed by atoms with Gasteiger partial charge in [-0.05, 0) is 60.9 Å². The van der Waals surface area contributed by atoms with E-state index >= 15 is 4.39 Å². The number of nitriles is 1. The number of likely N-dealkylation sites (tertiary alicyclic amines) is 1. The van der Waals surface area contributed by atoms with Crippen LogP contribution >= 0.6 is 0 Å². The van der Waals surface area contributed by atoms with Gasteiger partial charge >= 0.3 is 0 Å². The zero-order chi connectivity index (χ0) is 30.3. The van der Waals surface area contributed by atoms with Crippen LogP contribution in [0.5, 0.6) is 0 Å². The summed E-state index contributed by atoms with van der Waals surface area (Å²) >= 11 is 0. The molecular weight excluding hydrogens is 533 g/mol. The van der Waals surface area contributed by atoms with Gasteiger partial charge in [0, 0.05) is 56.5 Å². The number of pyridine rings is 1. The fraction of sp³-hybridized carbons (Fsp3) is 0.394. The third-order valence-electron chi connectivity index (χ3n) is 7.77. The van der Waals surface area contributed by atoms with E-state index < -0.39 is 5.67 Å². The molecule has 2 saturated heterocycles. The highest BCUT2D eigenvalue weighted by Crippen LogP contribution is 2.37. The monoisotopic (exact) mass is 571 g/mol. The molecule has 0 aliphatic carbocycles. The summed E-state index contributed by atoms with van der Waals surface area (Å²) in [7, 11) is 0. The lowest BCUT2D eigenvalue weighted by molar-refractivity contribution is 0.0421. The summed E-state index contributed by atoms with van der Waals surface area (Å²) in [5.74, 6) is 0.303. The van der Waals surface area contributed by atoms with Gasteiger partial charge in [-0.1, -0.05) is 32.0 Å². The molecule has 0 atom stereocenters. The molecule has 0 bridgehead atoms. The number of halogens is 1. The summed E-state index contributed by atoms with van der Waals surface area (Å²) in [4.78, 5) is 34.8. The Morgan fingerprint density at radius 2 is 1.64 bits per heavy atom. The number of benzene rings is 2. The van der Waals surface area contributed by atoms with Crippen molar-refractivity contribution in [3.05, 3.63) is 88.1 Å². The van der Waals surface area contributed by atoms with Gasteiger partial charge in [0.25, 0.3) is 11.8 Å². The quantitative estimate of drug-likeness (QED) is 0.417. The van der Waals surface area contributed by atoms with Crippen LogP contribution in [0.25, 0.3) is 0 Å². The Morgan fingerprint density at radius 3 is 2.24 bits per heavy atom. The first-order valence-electron chi connectivity index (χ1n) is 14.5. The van der Waals surface area contributed by atoms with E-state index in [1.54, 1.807) is 47.5 Å². The van der Waals surface area contributed by atoms with Crippen LogP contribution in [0.15, 0.2) is 54.7 Å². The predicted octanol–water partition coefficient (Wildman–Crippen LogP) is 5.79. The summed E-state index contributed by atoms with van der Waals surface area (Å²) in [5.41, 5.74) is 2.54. The van der Waals surface area contributed by atoms with Gasteiger partial charge in [0.15, 0.2) is 0 Å². The van der Waals surface area contributed by atoms with E-state index in [0.717, 1.165) is 30.0 Å². The number of aryl methyl sites for hydroxylation is 2. The topological polar surface area (TPSA) is 98.6 Å². The van der Waals surface area contributed by atoms with E-state index in [9.17, 15) is 9.59 Å². The number of anilines is 2. The minimum Gasteiger partial charge on any atom is -0.378 e. The fourth-order valence-corrected chi connectivity index (χ4v) is 5.28. The molecule has 3 aromatic rings. The summed E-state index contributed by atoms with van der Waals surface area (Å²) in [5, 5.41) is 11.9. The molecule has 2 fully saturated rings. The largest absolute Gasteiger partial charge is 0.378 e. The first-order valence-corrected chi connectivity index (χ1v) is 14.5. The Labute approximate surface area is 247 Å². The lowest BCUT2D eigenvalue weighted by Crippen LogP contribution is -2.43. The third-order valence-corrected chi connectivity index (χ3v) is 7.77. The zero-order valence-corrected chi connectivity index (χ0v) is 24.7. The van der Waals surface area contributed by atoms with E-state index in [-0.39, 0.29) is 37.7 Å². The molecule has 1 N–H and O–H groups in total. The Bertz CT molecular complexity index is 1440. The second-order valence-corrected chi connectivity index (χ2v) is 10.4. The number of rotatable bonds is 5. The van der Waals surface area contributed by atoms with E-state index in [4.69, 9.17) is 10.00 Å². The molecular formula is C33H38FN5O3. The molecule has 2 aliphatic rings. The third kappa shape index (κ3) is 6.77. The van der Waals surface area contributed by atoms with Crippen LogP contribution in [-0.4, -0.2) is 61.1 Å². The predicted molar refractivity (Wildman–Crippen MR) is 162 cm³/mol. The van der Waals surface area contributed by atoms with Crippen LogP contribution in [-0.2, 0) is 10.4 Å². The standard InChI is InChI=1S/C31H32FN5O3.C2H6/c1-21-17-22(2)27(35-29(38)24-5-8-28(34-20-24)36-13-15-40-16-14-36)18-26(21)30(39)37-11-9-31(32,10-12-37)25-6-3-23(19-33)4-7-25;1-2/h3-8,17-18,20H,9-16H2,1-2H3,(H,35,38);1-2H3. The van der Waals surface area contributed by atoms with Crippen LogP contribution < -0.4 is 10.2 Å². The molecule has 2 aliphatic heterocycles. The number of nitrogens with zero attached hydrogens (tertiary/aromatic N) is 4. The normalized spacial score (nSPS) is 16.1. The first-order chi connectivity index (χ1) is 20.3. The van der Waals surface area contributed by atoms with Crippen molar-refractivity contribution in [2.45, 2.75) is 46.2 Å². The SMILES string of the molecule is CC.Cc1cc(C)c(C(=O)N2CCC(F)(c3ccc(C#N)cc3)CC2)cc1NC(=O)c1ccc(N2CCOCC2)nc1. The van der Waals surface area contributed by atoms with Crippen molar-refractivity contribution in [1.82, 2.24) is 9.88 Å². The summed E-state index contributed by atoms with van der Waals surface area (Å²) in [6, 6.07) is 15.8. The maximum absolute atomic E-state index is 15.7. The van der Waals surface area contributed by atoms with Crippen molar-refractivity contribution in [3.8, 4) is 6.07 Å². The van der Waals surface area contributed by atoms with E-state index in [1.807, 2.05) is 45.9 Å². The van der Waals surface area contributed by atoms with Crippen LogP contribution in [0.3, 0.4) is 0 Å². The van der Waals surface area contributed by atoms with Crippen LogP contribution in [0, 0.1) is 25.2 Å². The highest BCUT2D eigenvalue weighted by Gasteiger charge is 2.38. The number of aromatic nitrogens is 1. The highest BCUT2D eigenvalue weighted by atomic mass is 19.1. The molecule has 3 heterocycles. The number of amides is 2. The molecule has 2 aromatic carbocycles. The second-order valence-electron chi connectivity index (χ2n) is 10.4. The minimum atomic E-state index is -1.54. The van der Waals surface area contributed by atoms with Gasteiger partial charge in [0.05, 0.1) is 30.4 Å². The van der Waals surface area contributed by atoms with Gasteiger partial charge in [-0.2, -0.15) is 5.26 Å². The molecule has 0 unspecified atom stereocenters. The van der Waals surface area contributed by atoms with Crippen LogP contribution in [0.1, 0.15) is 69.7 Å².